The first kappa shape index (κ1) is 32.8. The lowest BCUT2D eigenvalue weighted by atomic mass is 9.81. The second kappa shape index (κ2) is 11.9. The van der Waals surface area contributed by atoms with E-state index in [2.05, 4.69) is 191 Å². The molecule has 56 heavy (non-hydrogen) atoms. The predicted octanol–water partition coefficient (Wildman–Crippen LogP) is 14.1. The minimum atomic E-state index is -0.138. The van der Waals surface area contributed by atoms with Crippen LogP contribution in [0.1, 0.15) is 49.9 Å². The Morgan fingerprint density at radius 1 is 0.321 bits per heavy atom. The molecule has 0 spiro atoms. The van der Waals surface area contributed by atoms with E-state index in [1.165, 1.54) is 77.2 Å². The van der Waals surface area contributed by atoms with Gasteiger partial charge < -0.3 is 0 Å². The summed E-state index contributed by atoms with van der Waals surface area (Å²) in [7, 11) is 0. The molecule has 0 amide bonds. The molecule has 2 nitrogen and oxygen atoms in total. The van der Waals surface area contributed by atoms with Crippen molar-refractivity contribution in [3.63, 3.8) is 0 Å². The Morgan fingerprint density at radius 3 is 1.71 bits per heavy atom. The molecule has 0 saturated heterocycles. The third kappa shape index (κ3) is 4.88. The molecule has 0 bridgehead atoms. The van der Waals surface area contributed by atoms with Gasteiger partial charge in [0.25, 0.3) is 0 Å². The molecule has 2 aliphatic rings. The third-order valence-electron chi connectivity index (χ3n) is 12.7. The summed E-state index contributed by atoms with van der Waals surface area (Å²) in [4.78, 5) is 10.5. The zero-order valence-corrected chi connectivity index (χ0v) is 32.1. The zero-order chi connectivity index (χ0) is 37.8. The van der Waals surface area contributed by atoms with Crippen molar-refractivity contribution in [3.8, 4) is 67.3 Å². The van der Waals surface area contributed by atoms with Gasteiger partial charge in [-0.3, -0.25) is 0 Å². The summed E-state index contributed by atoms with van der Waals surface area (Å²) in [5, 5.41) is 4.91. The molecule has 11 rings (SSSR count). The monoisotopic (exact) mass is 716 g/mol. The van der Waals surface area contributed by atoms with Gasteiger partial charge in [0.2, 0.25) is 0 Å². The van der Waals surface area contributed by atoms with E-state index in [1.807, 2.05) is 6.07 Å². The summed E-state index contributed by atoms with van der Waals surface area (Å²) in [6, 6.07) is 62.2. The van der Waals surface area contributed by atoms with E-state index in [9.17, 15) is 0 Å². The minimum Gasteiger partial charge on any atom is -0.228 e. The van der Waals surface area contributed by atoms with Crippen LogP contribution in [-0.2, 0) is 10.8 Å². The van der Waals surface area contributed by atoms with E-state index >= 15 is 0 Å². The largest absolute Gasteiger partial charge is 0.228 e. The SMILES string of the molecule is CC1(C)c2ccccc2-c2cc(-c3ccc4cc(-c5cc(-c6cccc7c6-c6cc8ccccc8cc6C7(C)C)nc(-c6ccccc6)n5)ccc4c3)ccc21. The number of aromatic nitrogens is 2. The van der Waals surface area contributed by atoms with Gasteiger partial charge in [0, 0.05) is 27.5 Å². The molecule has 8 aromatic carbocycles. The van der Waals surface area contributed by atoms with E-state index in [4.69, 9.17) is 9.97 Å². The third-order valence-corrected chi connectivity index (χ3v) is 12.7. The van der Waals surface area contributed by atoms with Crippen molar-refractivity contribution in [2.24, 2.45) is 0 Å². The van der Waals surface area contributed by atoms with Gasteiger partial charge in [-0.25, -0.2) is 9.97 Å². The minimum absolute atomic E-state index is 0.00199. The highest BCUT2D eigenvalue weighted by Gasteiger charge is 2.38. The molecule has 1 aromatic heterocycles. The molecule has 0 radical (unpaired) electrons. The van der Waals surface area contributed by atoms with Gasteiger partial charge in [0.05, 0.1) is 11.4 Å². The predicted molar refractivity (Wildman–Crippen MR) is 234 cm³/mol. The van der Waals surface area contributed by atoms with Gasteiger partial charge in [-0.2, -0.15) is 0 Å². The van der Waals surface area contributed by atoms with Crippen LogP contribution < -0.4 is 0 Å². The maximum Gasteiger partial charge on any atom is 0.160 e. The van der Waals surface area contributed by atoms with Crippen LogP contribution in [0.5, 0.6) is 0 Å². The van der Waals surface area contributed by atoms with Crippen molar-refractivity contribution in [1.82, 2.24) is 9.97 Å². The molecule has 1 heterocycles. The highest BCUT2D eigenvalue weighted by Crippen LogP contribution is 2.53. The molecule has 0 atom stereocenters. The van der Waals surface area contributed by atoms with Crippen LogP contribution >= 0.6 is 0 Å². The van der Waals surface area contributed by atoms with E-state index < -0.39 is 0 Å². The van der Waals surface area contributed by atoms with Crippen molar-refractivity contribution in [3.05, 3.63) is 192 Å². The number of hydrogen-bond donors (Lipinski definition) is 0. The average Bonchev–Trinajstić information content (AvgIpc) is 3.61. The summed E-state index contributed by atoms with van der Waals surface area (Å²) in [6.45, 7) is 9.37. The molecule has 0 unspecified atom stereocenters. The smallest absolute Gasteiger partial charge is 0.160 e. The van der Waals surface area contributed by atoms with Crippen LogP contribution in [0.15, 0.2) is 170 Å². The van der Waals surface area contributed by atoms with Crippen LogP contribution in [0.4, 0.5) is 0 Å². The lowest BCUT2D eigenvalue weighted by Crippen LogP contribution is -2.14. The molecule has 2 heteroatoms. The molecular formula is C54H40N2. The van der Waals surface area contributed by atoms with Gasteiger partial charge >= 0.3 is 0 Å². The Labute approximate surface area is 328 Å². The lowest BCUT2D eigenvalue weighted by Gasteiger charge is -2.22. The fourth-order valence-corrected chi connectivity index (χ4v) is 9.62. The van der Waals surface area contributed by atoms with Crippen molar-refractivity contribution >= 4 is 21.5 Å². The van der Waals surface area contributed by atoms with E-state index in [-0.39, 0.29) is 10.8 Å². The number of fused-ring (bicyclic) bond motifs is 8. The van der Waals surface area contributed by atoms with E-state index in [0.29, 0.717) is 0 Å². The highest BCUT2D eigenvalue weighted by atomic mass is 14.9. The maximum absolute atomic E-state index is 5.30. The van der Waals surface area contributed by atoms with Crippen LogP contribution in [0.2, 0.25) is 0 Å². The Hall–Kier alpha value is -6.64. The fraction of sp³-hybridized carbons (Fsp3) is 0.111. The summed E-state index contributed by atoms with van der Waals surface area (Å²) in [5.41, 5.74) is 18.1. The number of benzene rings is 8. The van der Waals surface area contributed by atoms with Crippen LogP contribution in [0.3, 0.4) is 0 Å². The first-order valence-corrected chi connectivity index (χ1v) is 19.6. The maximum atomic E-state index is 5.30. The Morgan fingerprint density at radius 2 is 0.893 bits per heavy atom. The normalized spacial score (nSPS) is 14.4. The van der Waals surface area contributed by atoms with Gasteiger partial charge in [-0.1, -0.05) is 161 Å². The Bertz CT molecular complexity index is 3080. The van der Waals surface area contributed by atoms with Crippen molar-refractivity contribution in [1.29, 1.82) is 0 Å². The van der Waals surface area contributed by atoms with Crippen molar-refractivity contribution in [2.75, 3.05) is 0 Å². The number of nitrogens with zero attached hydrogens (tertiary/aromatic N) is 2. The standard InChI is InChI=1S/C54H40N2/c1-53(2)45-19-11-10-17-41(45)43-29-39(25-26-46(43)53)37-21-22-38-28-40(24-23-36(38)27-37)49-32-50(56-52(55-49)33-13-6-5-7-14-33)42-18-12-20-47-51(42)44-30-34-15-8-9-16-35(34)31-48(44)54(47,3)4/h5-32H,1-4H3. The van der Waals surface area contributed by atoms with Gasteiger partial charge in [-0.15, -0.1) is 0 Å². The Balaban J connectivity index is 1.03. The molecule has 2 aliphatic carbocycles. The zero-order valence-electron chi connectivity index (χ0n) is 32.1. The summed E-state index contributed by atoms with van der Waals surface area (Å²) < 4.78 is 0. The van der Waals surface area contributed by atoms with Gasteiger partial charge in [0.15, 0.2) is 5.82 Å². The second-order valence-electron chi connectivity index (χ2n) is 16.6. The van der Waals surface area contributed by atoms with Gasteiger partial charge in [0.1, 0.15) is 0 Å². The highest BCUT2D eigenvalue weighted by molar-refractivity contribution is 5.99. The first-order chi connectivity index (χ1) is 27.2. The first-order valence-electron chi connectivity index (χ1n) is 19.6. The summed E-state index contributed by atoms with van der Waals surface area (Å²) in [6.07, 6.45) is 0. The molecule has 0 aliphatic heterocycles. The van der Waals surface area contributed by atoms with Crippen molar-refractivity contribution in [2.45, 2.75) is 38.5 Å². The van der Waals surface area contributed by atoms with E-state index in [0.717, 1.165) is 33.9 Å². The topological polar surface area (TPSA) is 25.8 Å². The average molecular weight is 717 g/mol. The van der Waals surface area contributed by atoms with Crippen LogP contribution in [-0.4, -0.2) is 9.97 Å². The molecule has 0 saturated carbocycles. The molecule has 0 fully saturated rings. The van der Waals surface area contributed by atoms with Crippen LogP contribution in [0.25, 0.3) is 88.8 Å². The number of rotatable bonds is 4. The molecule has 266 valence electrons. The molecule has 0 N–H and O–H groups in total. The Kier molecular flexibility index (Phi) is 6.98. The lowest BCUT2D eigenvalue weighted by molar-refractivity contribution is 0.660. The number of hydrogen-bond acceptors (Lipinski definition) is 2. The quantitative estimate of drug-likeness (QED) is 0.181. The fourth-order valence-electron chi connectivity index (χ4n) is 9.62. The summed E-state index contributed by atoms with van der Waals surface area (Å²) in [5.74, 6) is 0.725. The van der Waals surface area contributed by atoms with Gasteiger partial charge in [-0.05, 0) is 114 Å². The van der Waals surface area contributed by atoms with Crippen molar-refractivity contribution < 1.29 is 0 Å². The van der Waals surface area contributed by atoms with E-state index in [1.54, 1.807) is 0 Å². The van der Waals surface area contributed by atoms with Crippen LogP contribution in [0, 0.1) is 0 Å². The second-order valence-corrected chi connectivity index (χ2v) is 16.6. The molecule has 9 aromatic rings. The molecular weight excluding hydrogens is 677 g/mol. The summed E-state index contributed by atoms with van der Waals surface area (Å²) >= 11 is 0.